The fourth-order valence-electron chi connectivity index (χ4n) is 3.06. The van der Waals surface area contributed by atoms with Crippen molar-refractivity contribution in [3.8, 4) is 11.5 Å². The second-order valence-corrected chi connectivity index (χ2v) is 5.69. The minimum absolute atomic E-state index is 0.0152. The number of halogens is 1. The minimum atomic E-state index is -0.592. The monoisotopic (exact) mass is 335 g/mol. The van der Waals surface area contributed by atoms with Gasteiger partial charge in [-0.3, -0.25) is 0 Å². The lowest BCUT2D eigenvalue weighted by Crippen LogP contribution is -2.51. The van der Waals surface area contributed by atoms with Gasteiger partial charge in [0.05, 0.1) is 14.2 Å². The van der Waals surface area contributed by atoms with Gasteiger partial charge >= 0.3 is 0 Å². The molecule has 1 atom stereocenters. The van der Waals surface area contributed by atoms with Crippen molar-refractivity contribution in [3.63, 3.8) is 0 Å². The molecule has 1 fully saturated rings. The molecule has 0 radical (unpaired) electrons. The topological polar surface area (TPSA) is 85.5 Å². The Balaban J connectivity index is 2.17. The van der Waals surface area contributed by atoms with Crippen LogP contribution < -0.4 is 25.4 Å². The molecule has 2 heterocycles. The van der Waals surface area contributed by atoms with Gasteiger partial charge in [-0.05, 0) is 12.5 Å². The predicted molar refractivity (Wildman–Crippen MR) is 91.3 cm³/mol. The number of hydrogen-bond acceptors (Lipinski definition) is 7. The summed E-state index contributed by atoms with van der Waals surface area (Å²) in [4.78, 5) is 10.9. The quantitative estimate of drug-likeness (QED) is 0.877. The average Bonchev–Trinajstić information content (AvgIpc) is 2.61. The summed E-state index contributed by atoms with van der Waals surface area (Å²) in [5, 5.41) is 3.76. The van der Waals surface area contributed by atoms with Gasteiger partial charge in [-0.1, -0.05) is 6.92 Å². The van der Waals surface area contributed by atoms with Crippen LogP contribution in [0.3, 0.4) is 0 Å². The summed E-state index contributed by atoms with van der Waals surface area (Å²) in [5.41, 5.74) is 6.22. The number of hydrogen-bond donors (Lipinski definition) is 2. The molecule has 130 valence electrons. The van der Waals surface area contributed by atoms with E-state index in [0.29, 0.717) is 11.3 Å². The normalized spacial score (nSPS) is 18.0. The van der Waals surface area contributed by atoms with Crippen LogP contribution in [0.4, 0.5) is 16.2 Å². The molecule has 1 saturated heterocycles. The Labute approximate surface area is 140 Å². The van der Waals surface area contributed by atoms with Crippen LogP contribution in [0.5, 0.6) is 11.5 Å². The fraction of sp³-hybridized carbons (Fsp3) is 0.500. The average molecular weight is 335 g/mol. The van der Waals surface area contributed by atoms with Crippen molar-refractivity contribution in [3.05, 3.63) is 11.9 Å². The lowest BCUT2D eigenvalue weighted by molar-refractivity contribution is 0.339. The zero-order valence-electron chi connectivity index (χ0n) is 14.1. The Morgan fingerprint density at radius 1 is 1.38 bits per heavy atom. The first-order valence-corrected chi connectivity index (χ1v) is 7.95. The molecular weight excluding hydrogens is 313 g/mol. The van der Waals surface area contributed by atoms with Gasteiger partial charge < -0.3 is 25.4 Å². The number of nitrogens with two attached hydrogens (primary N) is 1. The van der Waals surface area contributed by atoms with E-state index >= 15 is 0 Å². The lowest BCUT2D eigenvalue weighted by Gasteiger charge is -2.35. The number of ether oxygens (including phenoxy) is 2. The SMILES string of the molecule is CCC1CNCCN1c1nc(N)c2cc(OC)c(OC)c(F)c2n1. The number of rotatable bonds is 4. The Kier molecular flexibility index (Phi) is 4.57. The van der Waals surface area contributed by atoms with Gasteiger partial charge in [0.1, 0.15) is 11.3 Å². The van der Waals surface area contributed by atoms with E-state index in [9.17, 15) is 4.39 Å². The van der Waals surface area contributed by atoms with Crippen LogP contribution in [0.15, 0.2) is 6.07 Å². The summed E-state index contributed by atoms with van der Waals surface area (Å²) in [6, 6.07) is 1.85. The van der Waals surface area contributed by atoms with Crippen molar-refractivity contribution in [1.82, 2.24) is 15.3 Å². The molecule has 3 rings (SSSR count). The highest BCUT2D eigenvalue weighted by molar-refractivity contribution is 5.92. The predicted octanol–water partition coefficient (Wildman–Crippen LogP) is 1.56. The Morgan fingerprint density at radius 3 is 2.83 bits per heavy atom. The summed E-state index contributed by atoms with van der Waals surface area (Å²) in [6.07, 6.45) is 0.933. The van der Waals surface area contributed by atoms with Crippen LogP contribution >= 0.6 is 0 Å². The van der Waals surface area contributed by atoms with Gasteiger partial charge in [0, 0.05) is 31.1 Å². The highest BCUT2D eigenvalue weighted by Crippen LogP contribution is 2.37. The van der Waals surface area contributed by atoms with E-state index in [1.54, 1.807) is 6.07 Å². The lowest BCUT2D eigenvalue weighted by atomic mass is 10.1. The van der Waals surface area contributed by atoms with Crippen LogP contribution in [0.1, 0.15) is 13.3 Å². The molecule has 1 aromatic carbocycles. The second kappa shape index (κ2) is 6.64. The molecule has 1 aromatic heterocycles. The second-order valence-electron chi connectivity index (χ2n) is 5.69. The highest BCUT2D eigenvalue weighted by Gasteiger charge is 2.25. The summed E-state index contributed by atoms with van der Waals surface area (Å²) in [5.74, 6) is 0.355. The molecule has 0 saturated carbocycles. The van der Waals surface area contributed by atoms with E-state index in [4.69, 9.17) is 15.2 Å². The maximum Gasteiger partial charge on any atom is 0.228 e. The van der Waals surface area contributed by atoms with Crippen LogP contribution in [0, 0.1) is 5.82 Å². The molecule has 1 aliphatic heterocycles. The zero-order valence-corrected chi connectivity index (χ0v) is 14.1. The Morgan fingerprint density at radius 2 is 2.17 bits per heavy atom. The van der Waals surface area contributed by atoms with E-state index in [1.807, 2.05) is 0 Å². The smallest absolute Gasteiger partial charge is 0.228 e. The Hall–Kier alpha value is -2.35. The van der Waals surface area contributed by atoms with Gasteiger partial charge in [0.15, 0.2) is 17.3 Å². The summed E-state index contributed by atoms with van der Waals surface area (Å²) >= 11 is 0. The first-order valence-electron chi connectivity index (χ1n) is 7.95. The first kappa shape index (κ1) is 16.5. The third-order valence-corrected chi connectivity index (χ3v) is 4.37. The van der Waals surface area contributed by atoms with E-state index in [-0.39, 0.29) is 28.9 Å². The number of aromatic nitrogens is 2. The number of methoxy groups -OCH3 is 2. The molecule has 7 nitrogen and oxygen atoms in total. The molecule has 3 N–H and O–H groups in total. The number of nitrogens with zero attached hydrogens (tertiary/aromatic N) is 3. The maximum atomic E-state index is 14.8. The molecule has 8 heteroatoms. The van der Waals surface area contributed by atoms with Gasteiger partial charge in [-0.15, -0.1) is 0 Å². The summed E-state index contributed by atoms with van der Waals surface area (Å²) < 4.78 is 25.1. The molecule has 0 spiro atoms. The van der Waals surface area contributed by atoms with Crippen molar-refractivity contribution in [1.29, 1.82) is 0 Å². The van der Waals surface area contributed by atoms with Gasteiger partial charge in [-0.25, -0.2) is 9.37 Å². The highest BCUT2D eigenvalue weighted by atomic mass is 19.1. The molecule has 24 heavy (non-hydrogen) atoms. The summed E-state index contributed by atoms with van der Waals surface area (Å²) in [7, 11) is 2.84. The van der Waals surface area contributed by atoms with E-state index in [2.05, 4.69) is 27.1 Å². The van der Waals surface area contributed by atoms with Crippen molar-refractivity contribution in [2.45, 2.75) is 19.4 Å². The molecular formula is C16H22FN5O2. The van der Waals surface area contributed by atoms with E-state index in [0.717, 1.165) is 26.1 Å². The molecule has 0 amide bonds. The van der Waals surface area contributed by atoms with Crippen molar-refractivity contribution in [2.24, 2.45) is 0 Å². The number of nitrogen functional groups attached to an aromatic ring is 1. The van der Waals surface area contributed by atoms with E-state index in [1.165, 1.54) is 14.2 Å². The third-order valence-electron chi connectivity index (χ3n) is 4.37. The zero-order chi connectivity index (χ0) is 17.3. The van der Waals surface area contributed by atoms with Crippen LogP contribution in [-0.4, -0.2) is 49.9 Å². The van der Waals surface area contributed by atoms with Crippen molar-refractivity contribution in [2.75, 3.05) is 44.5 Å². The molecule has 0 bridgehead atoms. The van der Waals surface area contributed by atoms with Crippen LogP contribution in [0.25, 0.3) is 10.9 Å². The van der Waals surface area contributed by atoms with Gasteiger partial charge in [0.25, 0.3) is 0 Å². The Bertz CT molecular complexity index is 755. The number of benzene rings is 1. The van der Waals surface area contributed by atoms with Gasteiger partial charge in [0.2, 0.25) is 5.95 Å². The molecule has 1 unspecified atom stereocenters. The fourth-order valence-corrected chi connectivity index (χ4v) is 3.06. The summed E-state index contributed by atoms with van der Waals surface area (Å²) in [6.45, 7) is 4.51. The third kappa shape index (κ3) is 2.66. The number of fused-ring (bicyclic) bond motifs is 1. The minimum Gasteiger partial charge on any atom is -0.493 e. The molecule has 0 aliphatic carbocycles. The number of anilines is 2. The largest absolute Gasteiger partial charge is 0.493 e. The van der Waals surface area contributed by atoms with Crippen LogP contribution in [-0.2, 0) is 0 Å². The maximum absolute atomic E-state index is 14.8. The first-order chi connectivity index (χ1) is 11.6. The molecule has 1 aliphatic rings. The van der Waals surface area contributed by atoms with Gasteiger partial charge in [-0.2, -0.15) is 4.98 Å². The number of nitrogens with one attached hydrogen (secondary N) is 1. The van der Waals surface area contributed by atoms with E-state index < -0.39 is 5.82 Å². The molecule has 2 aromatic rings. The van der Waals surface area contributed by atoms with Crippen molar-refractivity contribution >= 4 is 22.7 Å². The van der Waals surface area contributed by atoms with Crippen LogP contribution in [0.2, 0.25) is 0 Å². The standard InChI is InChI=1S/C16H22FN5O2/c1-4-9-8-19-5-6-22(9)16-20-13-10(15(18)21-16)7-11(23-2)14(24-3)12(13)17/h7,9,19H,4-6,8H2,1-3H3,(H2,18,20,21). The number of piperazine rings is 1. The van der Waals surface area contributed by atoms with Crippen molar-refractivity contribution < 1.29 is 13.9 Å².